The molecule has 0 radical (unpaired) electrons. The maximum Gasteiger partial charge on any atom is 0.256 e. The van der Waals surface area contributed by atoms with E-state index in [0.717, 1.165) is 25.0 Å². The van der Waals surface area contributed by atoms with Crippen LogP contribution in [0.25, 0.3) is 0 Å². The number of amides is 2. The number of rotatable bonds is 3. The van der Waals surface area contributed by atoms with Crippen molar-refractivity contribution in [2.24, 2.45) is 15.9 Å². The summed E-state index contributed by atoms with van der Waals surface area (Å²) in [6, 6.07) is 6.94. The first-order valence-electron chi connectivity index (χ1n) is 7.00. The highest BCUT2D eigenvalue weighted by molar-refractivity contribution is 8.14. The van der Waals surface area contributed by atoms with Crippen molar-refractivity contribution in [2.75, 3.05) is 11.1 Å². The van der Waals surface area contributed by atoms with E-state index >= 15 is 0 Å². The fraction of sp³-hybridized carbons (Fsp3) is 0.333. The summed E-state index contributed by atoms with van der Waals surface area (Å²) in [6.45, 7) is 0. The molecule has 2 aliphatic rings. The second kappa shape index (κ2) is 6.62. The van der Waals surface area contributed by atoms with Gasteiger partial charge in [0, 0.05) is 16.4 Å². The predicted octanol–water partition coefficient (Wildman–Crippen LogP) is 3.15. The largest absolute Gasteiger partial charge is 0.325 e. The van der Waals surface area contributed by atoms with Gasteiger partial charge in [-0.05, 0) is 37.5 Å². The maximum atomic E-state index is 11.9. The Bertz CT molecular complexity index is 687. The third-order valence-corrected chi connectivity index (χ3v) is 4.59. The Labute approximate surface area is 137 Å². The Balaban J connectivity index is 1.56. The molecule has 1 fully saturated rings. The van der Waals surface area contributed by atoms with Crippen LogP contribution in [0, 0.1) is 5.92 Å². The molecule has 0 bridgehead atoms. The zero-order chi connectivity index (χ0) is 15.5. The number of nitrogens with zero attached hydrogens (tertiary/aromatic N) is 2. The normalized spacial score (nSPS) is 20.2. The molecule has 114 valence electrons. The van der Waals surface area contributed by atoms with Crippen LogP contribution in [0.4, 0.5) is 5.69 Å². The lowest BCUT2D eigenvalue weighted by molar-refractivity contribution is -0.119. The molecule has 0 spiro atoms. The van der Waals surface area contributed by atoms with Crippen LogP contribution in [-0.4, -0.2) is 28.4 Å². The van der Waals surface area contributed by atoms with E-state index in [1.165, 1.54) is 11.8 Å². The minimum absolute atomic E-state index is 0.121. The zero-order valence-electron chi connectivity index (χ0n) is 11.7. The van der Waals surface area contributed by atoms with Crippen molar-refractivity contribution in [1.29, 1.82) is 0 Å². The lowest BCUT2D eigenvalue weighted by atomic mass is 10.1. The highest BCUT2D eigenvalue weighted by atomic mass is 35.5. The molecule has 2 amide bonds. The zero-order valence-corrected chi connectivity index (χ0v) is 13.3. The van der Waals surface area contributed by atoms with Crippen LogP contribution >= 0.6 is 23.4 Å². The van der Waals surface area contributed by atoms with Gasteiger partial charge in [0.05, 0.1) is 11.7 Å². The molecule has 1 atom stereocenters. The Hall–Kier alpha value is -1.66. The molecule has 5 nitrogen and oxygen atoms in total. The minimum Gasteiger partial charge on any atom is -0.325 e. The summed E-state index contributed by atoms with van der Waals surface area (Å²) in [5.74, 6) is -0.277. The number of anilines is 1. The molecule has 1 unspecified atom stereocenters. The van der Waals surface area contributed by atoms with E-state index in [4.69, 9.17) is 11.6 Å². The van der Waals surface area contributed by atoms with Gasteiger partial charge in [-0.2, -0.15) is 4.99 Å². The predicted molar refractivity (Wildman–Crippen MR) is 89.8 cm³/mol. The number of carbonyl (C=O) groups is 2. The quantitative estimate of drug-likeness (QED) is 0.922. The van der Waals surface area contributed by atoms with E-state index in [-0.39, 0.29) is 23.5 Å². The number of halogens is 1. The van der Waals surface area contributed by atoms with Crippen LogP contribution in [0.15, 0.2) is 34.3 Å². The van der Waals surface area contributed by atoms with Gasteiger partial charge in [-0.25, -0.2) is 4.99 Å². The first kappa shape index (κ1) is 15.2. The Morgan fingerprint density at radius 1 is 1.41 bits per heavy atom. The number of amidine groups is 1. The molecule has 1 aliphatic heterocycles. The van der Waals surface area contributed by atoms with Gasteiger partial charge < -0.3 is 5.32 Å². The monoisotopic (exact) mass is 335 g/mol. The molecule has 0 saturated heterocycles. The SMILES string of the molecule is O=C(CSC1=NC(=O)C2CCCC2=N1)Nc1cccc(Cl)c1. The topological polar surface area (TPSA) is 70.9 Å². The van der Waals surface area contributed by atoms with E-state index in [0.29, 0.717) is 15.9 Å². The first-order chi connectivity index (χ1) is 10.6. The van der Waals surface area contributed by atoms with Crippen LogP contribution in [0.5, 0.6) is 0 Å². The standard InChI is InChI=1S/C15H14ClN3O2S/c16-9-3-1-4-10(7-9)17-13(20)8-22-15-18-12-6-2-5-11(12)14(21)19-15/h1,3-4,7,11H,2,5-6,8H2,(H,17,20). The van der Waals surface area contributed by atoms with Gasteiger partial charge in [0.1, 0.15) is 0 Å². The van der Waals surface area contributed by atoms with E-state index in [1.54, 1.807) is 24.3 Å². The van der Waals surface area contributed by atoms with Gasteiger partial charge >= 0.3 is 0 Å². The Morgan fingerprint density at radius 3 is 3.09 bits per heavy atom. The third kappa shape index (κ3) is 3.56. The molecule has 1 aromatic carbocycles. The van der Waals surface area contributed by atoms with Gasteiger partial charge in [0.2, 0.25) is 5.91 Å². The number of thioether (sulfide) groups is 1. The number of carbonyl (C=O) groups excluding carboxylic acids is 2. The fourth-order valence-electron chi connectivity index (χ4n) is 2.51. The van der Waals surface area contributed by atoms with Crippen molar-refractivity contribution in [1.82, 2.24) is 0 Å². The summed E-state index contributed by atoms with van der Waals surface area (Å²) in [6.07, 6.45) is 2.68. The van der Waals surface area contributed by atoms with E-state index in [2.05, 4.69) is 15.3 Å². The van der Waals surface area contributed by atoms with E-state index < -0.39 is 0 Å². The summed E-state index contributed by atoms with van der Waals surface area (Å²) in [5.41, 5.74) is 1.56. The van der Waals surface area contributed by atoms with Crippen molar-refractivity contribution in [3.05, 3.63) is 29.3 Å². The van der Waals surface area contributed by atoms with Crippen LogP contribution in [-0.2, 0) is 9.59 Å². The highest BCUT2D eigenvalue weighted by Crippen LogP contribution is 2.28. The van der Waals surface area contributed by atoms with Crippen molar-refractivity contribution in [3.63, 3.8) is 0 Å². The molecule has 1 aliphatic carbocycles. The lowest BCUT2D eigenvalue weighted by Crippen LogP contribution is -2.24. The van der Waals surface area contributed by atoms with Crippen molar-refractivity contribution in [2.45, 2.75) is 19.3 Å². The molecule has 1 N–H and O–H groups in total. The summed E-state index contributed by atoms with van der Waals surface area (Å²) in [5, 5.41) is 3.70. The van der Waals surface area contributed by atoms with Crippen molar-refractivity contribution in [3.8, 4) is 0 Å². The van der Waals surface area contributed by atoms with Crippen LogP contribution in [0.2, 0.25) is 5.02 Å². The lowest BCUT2D eigenvalue weighted by Gasteiger charge is -2.13. The number of hydrogen-bond acceptors (Lipinski definition) is 4. The molecule has 1 aromatic rings. The average Bonchev–Trinajstić information content (AvgIpc) is 2.94. The number of benzene rings is 1. The first-order valence-corrected chi connectivity index (χ1v) is 8.36. The third-order valence-electron chi connectivity index (χ3n) is 3.51. The highest BCUT2D eigenvalue weighted by Gasteiger charge is 2.32. The molecule has 1 heterocycles. The Morgan fingerprint density at radius 2 is 2.27 bits per heavy atom. The van der Waals surface area contributed by atoms with Gasteiger partial charge in [0.25, 0.3) is 5.91 Å². The van der Waals surface area contributed by atoms with Gasteiger partial charge in [-0.3, -0.25) is 9.59 Å². The summed E-state index contributed by atoms with van der Waals surface area (Å²) in [4.78, 5) is 32.1. The van der Waals surface area contributed by atoms with Gasteiger partial charge in [-0.1, -0.05) is 29.4 Å². The smallest absolute Gasteiger partial charge is 0.256 e. The van der Waals surface area contributed by atoms with Crippen LogP contribution < -0.4 is 5.32 Å². The van der Waals surface area contributed by atoms with E-state index in [9.17, 15) is 9.59 Å². The minimum atomic E-state index is -0.184. The number of nitrogens with one attached hydrogen (secondary N) is 1. The van der Waals surface area contributed by atoms with Crippen molar-refractivity contribution < 1.29 is 9.59 Å². The Kier molecular flexibility index (Phi) is 4.59. The van der Waals surface area contributed by atoms with Gasteiger partial charge in [0.15, 0.2) is 5.17 Å². The maximum absolute atomic E-state index is 11.9. The average molecular weight is 336 g/mol. The number of fused-ring (bicyclic) bond motifs is 1. The summed E-state index contributed by atoms with van der Waals surface area (Å²) in [7, 11) is 0. The summed E-state index contributed by atoms with van der Waals surface area (Å²) < 4.78 is 0. The molecular formula is C15H14ClN3O2S. The van der Waals surface area contributed by atoms with Gasteiger partial charge in [-0.15, -0.1) is 0 Å². The second-order valence-electron chi connectivity index (χ2n) is 5.13. The van der Waals surface area contributed by atoms with E-state index in [1.807, 2.05) is 0 Å². The number of aliphatic imine (C=N–C) groups is 2. The fourth-order valence-corrected chi connectivity index (χ4v) is 3.36. The van der Waals surface area contributed by atoms with Crippen LogP contribution in [0.1, 0.15) is 19.3 Å². The second-order valence-corrected chi connectivity index (χ2v) is 6.51. The number of hydrogen-bond donors (Lipinski definition) is 1. The molecule has 7 heteroatoms. The molecule has 1 saturated carbocycles. The van der Waals surface area contributed by atoms with Crippen LogP contribution in [0.3, 0.4) is 0 Å². The van der Waals surface area contributed by atoms with Crippen molar-refractivity contribution >= 4 is 51.7 Å². The summed E-state index contributed by atoms with van der Waals surface area (Å²) >= 11 is 7.04. The molecule has 22 heavy (non-hydrogen) atoms. The molecular weight excluding hydrogens is 322 g/mol. The molecule has 0 aromatic heterocycles. The molecule has 3 rings (SSSR count).